The van der Waals surface area contributed by atoms with Crippen LogP contribution < -0.4 is 0 Å². The lowest BCUT2D eigenvalue weighted by Crippen LogP contribution is -2.03. The van der Waals surface area contributed by atoms with Crippen LogP contribution in [0.5, 0.6) is 5.75 Å². The number of hydrogen-bond acceptors (Lipinski definition) is 5. The van der Waals surface area contributed by atoms with Crippen LogP contribution in [0.3, 0.4) is 0 Å². The van der Waals surface area contributed by atoms with E-state index in [1.807, 2.05) is 24.5 Å². The molecule has 2 rings (SSSR count). The minimum atomic E-state index is -0.893. The van der Waals surface area contributed by atoms with Gasteiger partial charge in [-0.2, -0.15) is 0 Å². The van der Waals surface area contributed by atoms with Crippen molar-refractivity contribution >= 4 is 17.7 Å². The van der Waals surface area contributed by atoms with Crippen LogP contribution in [-0.4, -0.2) is 36.7 Å². The van der Waals surface area contributed by atoms with Gasteiger partial charge in [-0.05, 0) is 19.9 Å². The van der Waals surface area contributed by atoms with Crippen LogP contribution in [0.15, 0.2) is 23.4 Å². The Balaban J connectivity index is 2.42. The van der Waals surface area contributed by atoms with E-state index in [2.05, 4.69) is 10.2 Å². The molecular formula is C13H15N3O3S. The number of carboxylic acids is 1. The standard InChI is InChI=1S/C13H15N3O3S/c1-3-16-12(9-5-4-6-10(17)8(9)2)14-15-13(16)20-7-11(18)19/h4-6,17H,3,7H2,1-2H3,(H,18,19). The zero-order chi connectivity index (χ0) is 14.7. The van der Waals surface area contributed by atoms with E-state index in [0.29, 0.717) is 17.5 Å². The van der Waals surface area contributed by atoms with E-state index >= 15 is 0 Å². The molecular weight excluding hydrogens is 278 g/mol. The van der Waals surface area contributed by atoms with E-state index in [1.165, 1.54) is 0 Å². The van der Waals surface area contributed by atoms with E-state index in [-0.39, 0.29) is 11.5 Å². The summed E-state index contributed by atoms with van der Waals surface area (Å²) in [7, 11) is 0. The SMILES string of the molecule is CCn1c(SCC(=O)O)nnc1-c1cccc(O)c1C. The average molecular weight is 293 g/mol. The van der Waals surface area contributed by atoms with Gasteiger partial charge in [0.2, 0.25) is 0 Å². The fourth-order valence-corrected chi connectivity index (χ4v) is 2.59. The third-order valence-corrected chi connectivity index (χ3v) is 3.86. The van der Waals surface area contributed by atoms with Crippen LogP contribution >= 0.6 is 11.8 Å². The zero-order valence-corrected chi connectivity index (χ0v) is 12.0. The topological polar surface area (TPSA) is 88.2 Å². The van der Waals surface area contributed by atoms with E-state index in [0.717, 1.165) is 22.9 Å². The monoisotopic (exact) mass is 293 g/mol. The van der Waals surface area contributed by atoms with Crippen LogP contribution in [0.2, 0.25) is 0 Å². The summed E-state index contributed by atoms with van der Waals surface area (Å²) in [6, 6.07) is 5.22. The fraction of sp³-hybridized carbons (Fsp3) is 0.308. The van der Waals surface area contributed by atoms with Gasteiger partial charge in [0.05, 0.1) is 5.75 Å². The molecule has 1 aromatic heterocycles. The highest BCUT2D eigenvalue weighted by molar-refractivity contribution is 7.99. The van der Waals surface area contributed by atoms with Gasteiger partial charge in [-0.1, -0.05) is 23.9 Å². The summed E-state index contributed by atoms with van der Waals surface area (Å²) < 4.78 is 1.84. The molecule has 0 aliphatic carbocycles. The summed E-state index contributed by atoms with van der Waals surface area (Å²) in [5, 5.41) is 27.2. The molecule has 0 amide bonds. The Labute approximate surface area is 120 Å². The molecule has 7 heteroatoms. The predicted molar refractivity (Wildman–Crippen MR) is 75.9 cm³/mol. The van der Waals surface area contributed by atoms with Crippen molar-refractivity contribution < 1.29 is 15.0 Å². The molecule has 0 fully saturated rings. The molecule has 0 aliphatic heterocycles. The number of aromatic hydroxyl groups is 1. The van der Waals surface area contributed by atoms with Crippen molar-refractivity contribution in [2.24, 2.45) is 0 Å². The second-order valence-corrected chi connectivity index (χ2v) is 5.13. The lowest BCUT2D eigenvalue weighted by atomic mass is 10.1. The number of phenols is 1. The predicted octanol–water partition coefficient (Wildman–Crippen LogP) is 2.16. The number of rotatable bonds is 5. The van der Waals surface area contributed by atoms with Gasteiger partial charge in [0.1, 0.15) is 5.75 Å². The molecule has 0 spiro atoms. The van der Waals surface area contributed by atoms with Crippen molar-refractivity contribution in [3.05, 3.63) is 23.8 Å². The number of carbonyl (C=O) groups is 1. The first-order valence-electron chi connectivity index (χ1n) is 6.11. The third-order valence-electron chi connectivity index (χ3n) is 2.90. The lowest BCUT2D eigenvalue weighted by Gasteiger charge is -2.09. The highest BCUT2D eigenvalue weighted by Gasteiger charge is 2.16. The quantitative estimate of drug-likeness (QED) is 0.821. The van der Waals surface area contributed by atoms with Crippen LogP contribution in [-0.2, 0) is 11.3 Å². The molecule has 0 unspecified atom stereocenters. The maximum atomic E-state index is 10.6. The Morgan fingerprint density at radius 1 is 1.40 bits per heavy atom. The molecule has 0 saturated heterocycles. The summed E-state index contributed by atoms with van der Waals surface area (Å²) >= 11 is 1.13. The number of nitrogens with zero attached hydrogens (tertiary/aromatic N) is 3. The van der Waals surface area contributed by atoms with Crippen LogP contribution in [0.4, 0.5) is 0 Å². The molecule has 0 radical (unpaired) electrons. The molecule has 20 heavy (non-hydrogen) atoms. The molecule has 2 N–H and O–H groups in total. The average Bonchev–Trinajstić information content (AvgIpc) is 2.82. The van der Waals surface area contributed by atoms with Crippen molar-refractivity contribution in [1.29, 1.82) is 0 Å². The Bertz CT molecular complexity index is 640. The summed E-state index contributed by atoms with van der Waals surface area (Å²) in [5.41, 5.74) is 1.52. The fourth-order valence-electron chi connectivity index (χ4n) is 1.87. The van der Waals surface area contributed by atoms with Gasteiger partial charge in [0, 0.05) is 17.7 Å². The zero-order valence-electron chi connectivity index (χ0n) is 11.2. The molecule has 6 nitrogen and oxygen atoms in total. The lowest BCUT2D eigenvalue weighted by molar-refractivity contribution is -0.133. The first-order valence-corrected chi connectivity index (χ1v) is 7.10. The Morgan fingerprint density at radius 3 is 2.80 bits per heavy atom. The first-order chi connectivity index (χ1) is 9.54. The van der Waals surface area contributed by atoms with Crippen molar-refractivity contribution in [3.8, 4) is 17.1 Å². The summed E-state index contributed by atoms with van der Waals surface area (Å²) in [4.78, 5) is 10.6. The van der Waals surface area contributed by atoms with E-state index in [1.54, 1.807) is 12.1 Å². The molecule has 1 heterocycles. The third kappa shape index (κ3) is 2.77. The van der Waals surface area contributed by atoms with Gasteiger partial charge < -0.3 is 14.8 Å². The molecule has 1 aromatic carbocycles. The number of hydrogen-bond donors (Lipinski definition) is 2. The van der Waals surface area contributed by atoms with Gasteiger partial charge in [0.25, 0.3) is 0 Å². The number of aliphatic carboxylic acids is 1. The summed E-state index contributed by atoms with van der Waals surface area (Å²) in [6.07, 6.45) is 0. The van der Waals surface area contributed by atoms with E-state index in [9.17, 15) is 9.90 Å². The van der Waals surface area contributed by atoms with Crippen molar-refractivity contribution in [1.82, 2.24) is 14.8 Å². The molecule has 0 saturated carbocycles. The minimum absolute atomic E-state index is 0.0584. The molecule has 0 bridgehead atoms. The first kappa shape index (κ1) is 14.4. The Hall–Kier alpha value is -2.02. The van der Waals surface area contributed by atoms with Gasteiger partial charge in [0.15, 0.2) is 11.0 Å². The molecule has 2 aromatic rings. The number of benzene rings is 1. The van der Waals surface area contributed by atoms with E-state index in [4.69, 9.17) is 5.11 Å². The smallest absolute Gasteiger partial charge is 0.313 e. The number of carboxylic acid groups (broad SMARTS) is 1. The molecule has 106 valence electrons. The minimum Gasteiger partial charge on any atom is -0.508 e. The highest BCUT2D eigenvalue weighted by atomic mass is 32.2. The molecule has 0 atom stereocenters. The summed E-state index contributed by atoms with van der Waals surface area (Å²) in [6.45, 7) is 4.37. The number of phenolic OH excluding ortho intramolecular Hbond substituents is 1. The molecule has 0 aliphatic rings. The van der Waals surface area contributed by atoms with Gasteiger partial charge >= 0.3 is 5.97 Å². The summed E-state index contributed by atoms with van der Waals surface area (Å²) in [5.74, 6) is -0.116. The van der Waals surface area contributed by atoms with Crippen molar-refractivity contribution in [2.75, 3.05) is 5.75 Å². The van der Waals surface area contributed by atoms with Crippen molar-refractivity contribution in [2.45, 2.75) is 25.5 Å². The second-order valence-electron chi connectivity index (χ2n) is 4.18. The largest absolute Gasteiger partial charge is 0.508 e. The highest BCUT2D eigenvalue weighted by Crippen LogP contribution is 2.30. The maximum Gasteiger partial charge on any atom is 0.313 e. The van der Waals surface area contributed by atoms with Gasteiger partial charge in [-0.25, -0.2) is 0 Å². The Kier molecular flexibility index (Phi) is 4.29. The Morgan fingerprint density at radius 2 is 2.15 bits per heavy atom. The van der Waals surface area contributed by atoms with E-state index < -0.39 is 5.97 Å². The van der Waals surface area contributed by atoms with Crippen LogP contribution in [0.25, 0.3) is 11.4 Å². The van der Waals surface area contributed by atoms with Crippen LogP contribution in [0.1, 0.15) is 12.5 Å². The maximum absolute atomic E-state index is 10.6. The van der Waals surface area contributed by atoms with Crippen LogP contribution in [0, 0.1) is 6.92 Å². The van der Waals surface area contributed by atoms with Gasteiger partial charge in [-0.3, -0.25) is 4.79 Å². The number of aromatic nitrogens is 3. The second kappa shape index (κ2) is 5.96. The number of thioether (sulfide) groups is 1. The van der Waals surface area contributed by atoms with Crippen molar-refractivity contribution in [3.63, 3.8) is 0 Å². The normalized spacial score (nSPS) is 10.7. The van der Waals surface area contributed by atoms with Gasteiger partial charge in [-0.15, -0.1) is 10.2 Å².